The van der Waals surface area contributed by atoms with Crippen LogP contribution in [-0.4, -0.2) is 16.7 Å². The van der Waals surface area contributed by atoms with E-state index < -0.39 is 33.9 Å². The van der Waals surface area contributed by atoms with Crippen molar-refractivity contribution in [3.8, 4) is 0 Å². The van der Waals surface area contributed by atoms with Crippen molar-refractivity contribution >= 4 is 28.8 Å². The SMILES string of the molecule is O=C1NC(=O)C(c2cccc(F)c2F)=C1Nc1cccc([N+](=O)[O-])c1. The molecule has 0 atom stereocenters. The van der Waals surface area contributed by atoms with Gasteiger partial charge in [0.25, 0.3) is 17.5 Å². The lowest BCUT2D eigenvalue weighted by Gasteiger charge is -2.08. The summed E-state index contributed by atoms with van der Waals surface area (Å²) in [6.07, 6.45) is 0. The summed E-state index contributed by atoms with van der Waals surface area (Å²) in [5.74, 6) is -4.20. The molecule has 0 aromatic heterocycles. The van der Waals surface area contributed by atoms with Gasteiger partial charge < -0.3 is 5.32 Å². The first-order valence-corrected chi connectivity index (χ1v) is 6.94. The van der Waals surface area contributed by atoms with Gasteiger partial charge in [-0.1, -0.05) is 18.2 Å². The largest absolute Gasteiger partial charge is 0.350 e. The number of benzene rings is 2. The van der Waals surface area contributed by atoms with Crippen molar-refractivity contribution < 1.29 is 23.3 Å². The highest BCUT2D eigenvalue weighted by Gasteiger charge is 2.33. The number of nitrogens with one attached hydrogen (secondary N) is 2. The smallest absolute Gasteiger partial charge is 0.275 e. The fraction of sp³-hybridized carbons (Fsp3) is 0. The van der Waals surface area contributed by atoms with E-state index in [1.165, 1.54) is 24.3 Å². The zero-order valence-electron chi connectivity index (χ0n) is 12.4. The summed E-state index contributed by atoms with van der Waals surface area (Å²) in [4.78, 5) is 34.2. The Hall–Kier alpha value is -3.62. The van der Waals surface area contributed by atoms with Crippen molar-refractivity contribution in [3.63, 3.8) is 0 Å². The summed E-state index contributed by atoms with van der Waals surface area (Å²) >= 11 is 0. The molecule has 7 nitrogen and oxygen atoms in total. The Morgan fingerprint density at radius 2 is 1.76 bits per heavy atom. The lowest BCUT2D eigenvalue weighted by Crippen LogP contribution is -2.24. The Balaban J connectivity index is 2.10. The molecule has 0 spiro atoms. The molecule has 0 saturated carbocycles. The number of imide groups is 1. The summed E-state index contributed by atoms with van der Waals surface area (Å²) in [6.45, 7) is 0. The Morgan fingerprint density at radius 1 is 1.04 bits per heavy atom. The standard InChI is InChI=1S/C16H9F2N3O4/c17-11-6-2-5-10(13(11)18)12-14(16(23)20-15(12)22)19-8-3-1-4-9(7-8)21(24)25/h1-7H,(H2,19,20,22,23). The van der Waals surface area contributed by atoms with Crippen LogP contribution in [0.3, 0.4) is 0 Å². The molecule has 0 radical (unpaired) electrons. The predicted octanol–water partition coefficient (Wildman–Crippen LogP) is 2.35. The molecule has 2 aromatic carbocycles. The second-order valence-corrected chi connectivity index (χ2v) is 5.07. The first-order valence-electron chi connectivity index (χ1n) is 6.94. The van der Waals surface area contributed by atoms with Crippen LogP contribution in [0.25, 0.3) is 5.57 Å². The number of nitrogens with zero attached hydrogens (tertiary/aromatic N) is 1. The molecule has 9 heteroatoms. The molecule has 1 aliphatic heterocycles. The van der Waals surface area contributed by atoms with E-state index in [0.29, 0.717) is 0 Å². The molecule has 0 unspecified atom stereocenters. The van der Waals surface area contributed by atoms with Gasteiger partial charge in [-0.25, -0.2) is 8.78 Å². The van der Waals surface area contributed by atoms with Crippen molar-refractivity contribution in [2.24, 2.45) is 0 Å². The molecule has 126 valence electrons. The summed E-state index contributed by atoms with van der Waals surface area (Å²) in [7, 11) is 0. The van der Waals surface area contributed by atoms with Crippen LogP contribution in [-0.2, 0) is 9.59 Å². The number of anilines is 1. The molecular formula is C16H9F2N3O4. The predicted molar refractivity (Wildman–Crippen MR) is 83.1 cm³/mol. The van der Waals surface area contributed by atoms with E-state index in [9.17, 15) is 28.5 Å². The van der Waals surface area contributed by atoms with Crippen LogP contribution >= 0.6 is 0 Å². The summed E-state index contributed by atoms with van der Waals surface area (Å²) in [6, 6.07) is 8.41. The fourth-order valence-electron chi connectivity index (χ4n) is 2.37. The van der Waals surface area contributed by atoms with Crippen LogP contribution in [0.2, 0.25) is 0 Å². The molecule has 25 heavy (non-hydrogen) atoms. The van der Waals surface area contributed by atoms with Crippen molar-refractivity contribution in [2.75, 3.05) is 5.32 Å². The van der Waals surface area contributed by atoms with Gasteiger partial charge in [0, 0.05) is 23.4 Å². The second kappa shape index (κ2) is 6.11. The minimum absolute atomic E-state index is 0.142. The first-order chi connectivity index (χ1) is 11.9. The molecule has 2 amide bonds. The van der Waals surface area contributed by atoms with Gasteiger partial charge in [-0.2, -0.15) is 0 Å². The number of halogens is 2. The first kappa shape index (κ1) is 16.2. The van der Waals surface area contributed by atoms with E-state index >= 15 is 0 Å². The molecule has 0 saturated heterocycles. The zero-order valence-corrected chi connectivity index (χ0v) is 12.4. The van der Waals surface area contributed by atoms with Crippen molar-refractivity contribution in [3.05, 3.63) is 75.5 Å². The van der Waals surface area contributed by atoms with E-state index in [0.717, 1.165) is 18.2 Å². The van der Waals surface area contributed by atoms with Gasteiger partial charge in [0.1, 0.15) is 5.70 Å². The van der Waals surface area contributed by atoms with Crippen LogP contribution in [0.4, 0.5) is 20.2 Å². The number of rotatable bonds is 4. The van der Waals surface area contributed by atoms with Crippen LogP contribution in [0, 0.1) is 21.7 Å². The number of amides is 2. The number of nitro benzene ring substituents is 1. The molecule has 1 heterocycles. The average molecular weight is 345 g/mol. The molecule has 0 fully saturated rings. The quantitative estimate of drug-likeness (QED) is 0.503. The summed E-state index contributed by atoms with van der Waals surface area (Å²) in [5.41, 5.74) is -1.20. The average Bonchev–Trinajstić information content (AvgIpc) is 2.84. The topological polar surface area (TPSA) is 101 Å². The number of non-ortho nitro benzene ring substituents is 1. The lowest BCUT2D eigenvalue weighted by molar-refractivity contribution is -0.384. The van der Waals surface area contributed by atoms with Crippen LogP contribution < -0.4 is 10.6 Å². The third-order valence-electron chi connectivity index (χ3n) is 3.48. The number of hydrogen-bond acceptors (Lipinski definition) is 5. The lowest BCUT2D eigenvalue weighted by atomic mass is 10.0. The van der Waals surface area contributed by atoms with Crippen LogP contribution in [0.15, 0.2) is 48.2 Å². The van der Waals surface area contributed by atoms with Crippen LogP contribution in [0.1, 0.15) is 5.56 Å². The molecule has 2 aromatic rings. The maximum atomic E-state index is 14.0. The van der Waals surface area contributed by atoms with Crippen molar-refractivity contribution in [1.82, 2.24) is 5.32 Å². The van der Waals surface area contributed by atoms with Gasteiger partial charge in [0.05, 0.1) is 10.5 Å². The van der Waals surface area contributed by atoms with Gasteiger partial charge in [-0.3, -0.25) is 25.0 Å². The maximum Gasteiger partial charge on any atom is 0.275 e. The van der Waals surface area contributed by atoms with E-state index in [-0.39, 0.29) is 22.6 Å². The highest BCUT2D eigenvalue weighted by atomic mass is 19.2. The van der Waals surface area contributed by atoms with E-state index in [1.807, 2.05) is 5.32 Å². The highest BCUT2D eigenvalue weighted by Crippen LogP contribution is 2.29. The minimum atomic E-state index is -1.28. The third-order valence-corrected chi connectivity index (χ3v) is 3.48. The van der Waals surface area contributed by atoms with E-state index in [1.54, 1.807) is 0 Å². The van der Waals surface area contributed by atoms with Gasteiger partial charge in [-0.05, 0) is 12.1 Å². The number of nitro groups is 1. The Morgan fingerprint density at radius 3 is 2.48 bits per heavy atom. The molecule has 3 rings (SSSR count). The molecule has 0 bridgehead atoms. The summed E-state index contributed by atoms with van der Waals surface area (Å²) < 4.78 is 27.5. The van der Waals surface area contributed by atoms with Gasteiger partial charge in [0.15, 0.2) is 11.6 Å². The van der Waals surface area contributed by atoms with Crippen molar-refractivity contribution in [2.45, 2.75) is 0 Å². The molecule has 0 aliphatic carbocycles. The minimum Gasteiger partial charge on any atom is -0.350 e. The second-order valence-electron chi connectivity index (χ2n) is 5.07. The third kappa shape index (κ3) is 2.94. The Kier molecular flexibility index (Phi) is 3.97. The van der Waals surface area contributed by atoms with Gasteiger partial charge in [0.2, 0.25) is 0 Å². The summed E-state index contributed by atoms with van der Waals surface area (Å²) in [5, 5.41) is 15.4. The molecule has 1 aliphatic rings. The zero-order chi connectivity index (χ0) is 18.1. The van der Waals surface area contributed by atoms with E-state index in [4.69, 9.17) is 0 Å². The molecular weight excluding hydrogens is 336 g/mol. The van der Waals surface area contributed by atoms with Crippen LogP contribution in [0.5, 0.6) is 0 Å². The Bertz CT molecular complexity index is 956. The maximum absolute atomic E-state index is 14.0. The normalized spacial score (nSPS) is 13.8. The molecule has 2 N–H and O–H groups in total. The Labute approximate surface area is 139 Å². The monoisotopic (exact) mass is 345 g/mol. The highest BCUT2D eigenvalue weighted by molar-refractivity contribution is 6.36. The number of carbonyl (C=O) groups excluding carboxylic acids is 2. The number of hydrogen-bond donors (Lipinski definition) is 2. The fourth-order valence-corrected chi connectivity index (χ4v) is 2.37. The van der Waals surface area contributed by atoms with Crippen molar-refractivity contribution in [1.29, 1.82) is 0 Å². The van der Waals surface area contributed by atoms with Gasteiger partial charge >= 0.3 is 0 Å². The number of carbonyl (C=O) groups is 2. The van der Waals surface area contributed by atoms with Gasteiger partial charge in [-0.15, -0.1) is 0 Å². The van der Waals surface area contributed by atoms with E-state index in [2.05, 4.69) is 5.32 Å².